The summed E-state index contributed by atoms with van der Waals surface area (Å²) in [5.41, 5.74) is 4.18. The summed E-state index contributed by atoms with van der Waals surface area (Å²) in [6.45, 7) is 2.04. The third-order valence-electron chi connectivity index (χ3n) is 8.15. The molecule has 4 aromatic carbocycles. The molecule has 6 rings (SSSR count). The molecule has 2 fully saturated rings. The van der Waals surface area contributed by atoms with Crippen LogP contribution < -0.4 is 5.32 Å². The van der Waals surface area contributed by atoms with E-state index in [1.807, 2.05) is 133 Å². The highest BCUT2D eigenvalue weighted by Crippen LogP contribution is 2.32. The highest BCUT2D eigenvalue weighted by Gasteiger charge is 2.47. The van der Waals surface area contributed by atoms with Crippen LogP contribution in [0.1, 0.15) is 22.3 Å². The van der Waals surface area contributed by atoms with Gasteiger partial charge in [-0.3, -0.25) is 0 Å². The van der Waals surface area contributed by atoms with Crippen LogP contribution in [0.15, 0.2) is 133 Å². The lowest BCUT2D eigenvalue weighted by molar-refractivity contribution is -0.263. The number of alkyl carbamates (subject to hydrolysis) is 1. The Bertz CT molecular complexity index is 1520. The van der Waals surface area contributed by atoms with Gasteiger partial charge in [0.15, 0.2) is 0 Å². The van der Waals surface area contributed by atoms with E-state index in [-0.39, 0.29) is 19.3 Å². The van der Waals surface area contributed by atoms with Gasteiger partial charge in [0.1, 0.15) is 37.1 Å². The Balaban J connectivity index is 1.30. The first-order valence-electron chi connectivity index (χ1n) is 16.1. The van der Waals surface area contributed by atoms with Gasteiger partial charge in [0.2, 0.25) is 0 Å². The summed E-state index contributed by atoms with van der Waals surface area (Å²) in [6, 6.07) is 39.9. The fraction of sp³-hybridized carbons (Fsp3) is 0.308. The van der Waals surface area contributed by atoms with Crippen molar-refractivity contribution in [2.45, 2.75) is 63.0 Å². The van der Waals surface area contributed by atoms with Gasteiger partial charge in [0, 0.05) is 0 Å². The zero-order chi connectivity index (χ0) is 32.1. The number of cyclic esters (lactones) is 1. The molecular weight excluding hydrogens is 594 g/mol. The molecule has 8 nitrogen and oxygen atoms in total. The van der Waals surface area contributed by atoms with Crippen LogP contribution in [0.3, 0.4) is 0 Å². The van der Waals surface area contributed by atoms with E-state index in [1.54, 1.807) is 0 Å². The molecule has 4 aromatic rings. The molecule has 2 aliphatic rings. The second-order valence-corrected chi connectivity index (χ2v) is 11.7. The van der Waals surface area contributed by atoms with Crippen molar-refractivity contribution < 1.29 is 33.2 Å². The van der Waals surface area contributed by atoms with E-state index in [2.05, 4.69) is 5.32 Å². The second kappa shape index (κ2) is 17.0. The summed E-state index contributed by atoms with van der Waals surface area (Å²) < 4.78 is 38.3. The summed E-state index contributed by atoms with van der Waals surface area (Å²) in [5.74, 6) is 0. The first kappa shape index (κ1) is 32.6. The van der Waals surface area contributed by atoms with Crippen molar-refractivity contribution in [3.63, 3.8) is 0 Å². The van der Waals surface area contributed by atoms with Crippen molar-refractivity contribution in [3.05, 3.63) is 156 Å². The number of ether oxygens (including phenoxy) is 6. The number of amides is 1. The van der Waals surface area contributed by atoms with Crippen molar-refractivity contribution in [1.29, 1.82) is 0 Å². The minimum absolute atomic E-state index is 0.248. The van der Waals surface area contributed by atoms with Crippen LogP contribution in [0.4, 0.5) is 4.79 Å². The molecule has 0 radical (unpaired) electrons. The topological polar surface area (TPSA) is 84.5 Å². The maximum absolute atomic E-state index is 11.7. The first-order chi connectivity index (χ1) is 23.2. The number of carbonyl (C=O) groups is 1. The lowest BCUT2D eigenvalue weighted by Crippen LogP contribution is -2.60. The van der Waals surface area contributed by atoms with E-state index in [0.717, 1.165) is 22.3 Å². The summed E-state index contributed by atoms with van der Waals surface area (Å²) in [5, 5.41) is 2.81. The molecule has 0 unspecified atom stereocenters. The van der Waals surface area contributed by atoms with Crippen LogP contribution >= 0.6 is 0 Å². The van der Waals surface area contributed by atoms with Crippen molar-refractivity contribution in [2.75, 3.05) is 13.2 Å². The largest absolute Gasteiger partial charge is 0.447 e. The van der Waals surface area contributed by atoms with Crippen molar-refractivity contribution >= 4 is 6.09 Å². The zero-order valence-electron chi connectivity index (χ0n) is 26.3. The Hall–Kier alpha value is -4.31. The molecule has 47 heavy (non-hydrogen) atoms. The van der Waals surface area contributed by atoms with Crippen LogP contribution in [0.5, 0.6) is 0 Å². The van der Waals surface area contributed by atoms with Crippen molar-refractivity contribution in [3.8, 4) is 0 Å². The number of nitrogens with one attached hydrogen (secondary N) is 1. The maximum atomic E-state index is 11.7. The van der Waals surface area contributed by atoms with Crippen LogP contribution in [-0.2, 0) is 54.8 Å². The van der Waals surface area contributed by atoms with E-state index in [9.17, 15) is 4.79 Å². The Kier molecular flexibility index (Phi) is 11.8. The number of hydrogen-bond acceptors (Lipinski definition) is 7. The van der Waals surface area contributed by atoms with Gasteiger partial charge >= 0.3 is 6.09 Å². The van der Waals surface area contributed by atoms with E-state index < -0.39 is 36.6 Å². The highest BCUT2D eigenvalue weighted by molar-refractivity contribution is 5.70. The normalized spacial score (nSPS) is 24.2. The summed E-state index contributed by atoms with van der Waals surface area (Å²) >= 11 is 0. The standard InChI is InChI=1S/C39H41NO7/c41-39-40-33(27-46-39)21-22-34-36(43-24-30-15-7-2-8-16-30)38(45-26-32-19-11-4-12-20-32)37(44-25-31-17-9-3-10-18-31)35(47-34)28-42-23-29-13-5-1-6-14-29/h1-22,33-38H,23-28H2,(H,40,41)/b22-21+/t33-,34-,35+,36-,37+,38+/m0/s1. The average Bonchev–Trinajstić information content (AvgIpc) is 3.55. The Labute approximate surface area is 276 Å². The molecular formula is C39H41NO7. The SMILES string of the molecule is O=C1N[C@@H](/C=C/[C@@H]2O[C@H](COCc3ccccc3)[C@@H](OCc3ccccc3)[C@H](OCc3ccccc3)[C@H]2OCc2ccccc2)CO1. The number of hydrogen-bond donors (Lipinski definition) is 1. The fourth-order valence-electron chi connectivity index (χ4n) is 5.73. The minimum Gasteiger partial charge on any atom is -0.447 e. The van der Waals surface area contributed by atoms with Crippen LogP contribution in [0.2, 0.25) is 0 Å². The average molecular weight is 636 g/mol. The van der Waals surface area contributed by atoms with Crippen LogP contribution in [0, 0.1) is 0 Å². The van der Waals surface area contributed by atoms with Gasteiger partial charge in [-0.1, -0.05) is 133 Å². The molecule has 2 saturated heterocycles. The molecule has 1 amide bonds. The molecule has 2 aliphatic heterocycles. The number of carbonyl (C=O) groups excluding carboxylic acids is 1. The summed E-state index contributed by atoms with van der Waals surface area (Å²) in [6.07, 6.45) is 0.802. The minimum atomic E-state index is -0.542. The lowest BCUT2D eigenvalue weighted by atomic mass is 9.93. The Morgan fingerprint density at radius 1 is 0.596 bits per heavy atom. The van der Waals surface area contributed by atoms with E-state index in [1.165, 1.54) is 0 Å². The van der Waals surface area contributed by atoms with Crippen LogP contribution in [-0.4, -0.2) is 55.9 Å². The third kappa shape index (κ3) is 9.60. The third-order valence-corrected chi connectivity index (χ3v) is 8.15. The van der Waals surface area contributed by atoms with Gasteiger partial charge < -0.3 is 33.7 Å². The van der Waals surface area contributed by atoms with Crippen molar-refractivity contribution in [1.82, 2.24) is 5.32 Å². The predicted octanol–water partition coefficient (Wildman–Crippen LogP) is 6.39. The molecule has 0 aromatic heterocycles. The zero-order valence-corrected chi connectivity index (χ0v) is 26.3. The monoisotopic (exact) mass is 635 g/mol. The summed E-state index contributed by atoms with van der Waals surface area (Å²) in [4.78, 5) is 11.7. The van der Waals surface area contributed by atoms with Crippen LogP contribution in [0.25, 0.3) is 0 Å². The molecule has 0 bridgehead atoms. The second-order valence-electron chi connectivity index (χ2n) is 11.7. The van der Waals surface area contributed by atoms with E-state index in [4.69, 9.17) is 28.4 Å². The van der Waals surface area contributed by atoms with E-state index >= 15 is 0 Å². The predicted molar refractivity (Wildman–Crippen MR) is 177 cm³/mol. The number of benzene rings is 4. The fourth-order valence-corrected chi connectivity index (χ4v) is 5.73. The first-order valence-corrected chi connectivity index (χ1v) is 16.1. The molecule has 0 aliphatic carbocycles. The Morgan fingerprint density at radius 3 is 1.55 bits per heavy atom. The van der Waals surface area contributed by atoms with Gasteiger partial charge in [0.05, 0.1) is 39.1 Å². The highest BCUT2D eigenvalue weighted by atomic mass is 16.6. The molecule has 0 saturated carbocycles. The molecule has 0 spiro atoms. The van der Waals surface area contributed by atoms with Gasteiger partial charge in [-0.2, -0.15) is 0 Å². The smallest absolute Gasteiger partial charge is 0.407 e. The summed E-state index contributed by atoms with van der Waals surface area (Å²) in [7, 11) is 0. The molecule has 8 heteroatoms. The quantitative estimate of drug-likeness (QED) is 0.152. The number of rotatable bonds is 15. The molecule has 2 heterocycles. The van der Waals surface area contributed by atoms with Gasteiger partial charge in [0.25, 0.3) is 0 Å². The molecule has 6 atom stereocenters. The van der Waals surface area contributed by atoms with E-state index in [0.29, 0.717) is 26.4 Å². The Morgan fingerprint density at radius 2 is 1.06 bits per heavy atom. The van der Waals surface area contributed by atoms with Gasteiger partial charge in [-0.25, -0.2) is 4.79 Å². The lowest BCUT2D eigenvalue weighted by Gasteiger charge is -2.45. The molecule has 244 valence electrons. The van der Waals surface area contributed by atoms with Gasteiger partial charge in [-0.05, 0) is 22.3 Å². The molecule has 1 N–H and O–H groups in total. The van der Waals surface area contributed by atoms with Crippen molar-refractivity contribution in [2.24, 2.45) is 0 Å². The maximum Gasteiger partial charge on any atom is 0.407 e. The van der Waals surface area contributed by atoms with Gasteiger partial charge in [-0.15, -0.1) is 0 Å².